The van der Waals surface area contributed by atoms with Crippen LogP contribution in [0.5, 0.6) is 5.75 Å². The molecule has 0 aliphatic rings. The number of aromatic nitrogens is 1. The average molecular weight is 362 g/mol. The standard InChI is InChI=1S/C15H15BN2O8/c1-2-26-8-4-6(3-7(5-8)16(24)25)9-10(14(20)21)12(17)18-13(19)11(9)15(22)23/h3-5,24-25H,2H2,1H3,(H,20,21)(H,22,23)(H3,17,18,19). The molecule has 1 aromatic carbocycles. The van der Waals surface area contributed by atoms with Gasteiger partial charge in [-0.25, -0.2) is 9.59 Å². The van der Waals surface area contributed by atoms with E-state index in [1.54, 1.807) is 6.92 Å². The van der Waals surface area contributed by atoms with Crippen molar-refractivity contribution in [2.45, 2.75) is 6.92 Å². The highest BCUT2D eigenvalue weighted by Crippen LogP contribution is 2.31. The van der Waals surface area contributed by atoms with E-state index in [0.717, 1.165) is 6.07 Å². The minimum atomic E-state index is -1.94. The molecule has 136 valence electrons. The van der Waals surface area contributed by atoms with E-state index in [1.165, 1.54) is 12.1 Å². The van der Waals surface area contributed by atoms with Crippen LogP contribution in [0.1, 0.15) is 27.6 Å². The first-order chi connectivity index (χ1) is 12.2. The summed E-state index contributed by atoms with van der Waals surface area (Å²) in [6, 6.07) is 3.71. The molecule has 0 unspecified atom stereocenters. The first-order valence-corrected chi connectivity index (χ1v) is 7.34. The van der Waals surface area contributed by atoms with Crippen LogP contribution in [0.25, 0.3) is 11.1 Å². The van der Waals surface area contributed by atoms with Crippen molar-refractivity contribution in [3.63, 3.8) is 0 Å². The van der Waals surface area contributed by atoms with Gasteiger partial charge in [0, 0.05) is 5.56 Å². The Hall–Kier alpha value is -3.31. The lowest BCUT2D eigenvalue weighted by molar-refractivity contribution is 0.0695. The van der Waals surface area contributed by atoms with Crippen LogP contribution < -0.4 is 21.5 Å². The average Bonchev–Trinajstić information content (AvgIpc) is 2.53. The molecule has 26 heavy (non-hydrogen) atoms. The van der Waals surface area contributed by atoms with Crippen LogP contribution in [-0.2, 0) is 0 Å². The normalized spacial score (nSPS) is 10.4. The Morgan fingerprint density at radius 2 is 1.77 bits per heavy atom. The van der Waals surface area contributed by atoms with Crippen molar-refractivity contribution in [1.29, 1.82) is 0 Å². The van der Waals surface area contributed by atoms with Crippen LogP contribution in [0.3, 0.4) is 0 Å². The number of benzene rings is 1. The van der Waals surface area contributed by atoms with Crippen LogP contribution in [0.4, 0.5) is 5.82 Å². The number of nitrogen functional groups attached to an aromatic ring is 1. The lowest BCUT2D eigenvalue weighted by Crippen LogP contribution is -2.30. The predicted molar refractivity (Wildman–Crippen MR) is 91.8 cm³/mol. The fourth-order valence-electron chi connectivity index (χ4n) is 2.50. The van der Waals surface area contributed by atoms with Crippen molar-refractivity contribution < 1.29 is 34.6 Å². The number of H-pyrrole nitrogens is 1. The van der Waals surface area contributed by atoms with Gasteiger partial charge in [0.2, 0.25) is 0 Å². The number of rotatable bonds is 6. The Balaban J connectivity index is 2.96. The molecular weight excluding hydrogens is 347 g/mol. The van der Waals surface area contributed by atoms with Gasteiger partial charge in [0.05, 0.1) is 6.61 Å². The smallest absolute Gasteiger partial charge is 0.488 e. The van der Waals surface area contributed by atoms with E-state index in [1.807, 2.05) is 4.98 Å². The number of hydrogen-bond donors (Lipinski definition) is 6. The molecule has 1 heterocycles. The summed E-state index contributed by atoms with van der Waals surface area (Å²) in [5.74, 6) is -3.64. The van der Waals surface area contributed by atoms with Crippen molar-refractivity contribution in [2.24, 2.45) is 0 Å². The monoisotopic (exact) mass is 362 g/mol. The number of pyridine rings is 1. The zero-order chi connectivity index (χ0) is 19.6. The zero-order valence-corrected chi connectivity index (χ0v) is 13.5. The number of hydrogen-bond acceptors (Lipinski definition) is 7. The van der Waals surface area contributed by atoms with Gasteiger partial charge in [-0.15, -0.1) is 0 Å². The molecule has 2 aromatic rings. The molecule has 0 aliphatic heterocycles. The molecule has 11 heteroatoms. The highest BCUT2D eigenvalue weighted by atomic mass is 16.5. The van der Waals surface area contributed by atoms with Crippen LogP contribution in [0.2, 0.25) is 0 Å². The summed E-state index contributed by atoms with van der Waals surface area (Å²) in [6.07, 6.45) is 0. The number of carbonyl (C=O) groups is 2. The van der Waals surface area contributed by atoms with E-state index in [-0.39, 0.29) is 23.4 Å². The number of nitrogens with two attached hydrogens (primary N) is 1. The molecule has 2 rings (SSSR count). The largest absolute Gasteiger partial charge is 0.494 e. The number of nitrogens with one attached hydrogen (secondary N) is 1. The van der Waals surface area contributed by atoms with Gasteiger partial charge in [-0.2, -0.15) is 0 Å². The van der Waals surface area contributed by atoms with Crippen LogP contribution in [0, 0.1) is 0 Å². The van der Waals surface area contributed by atoms with Gasteiger partial charge in [-0.3, -0.25) is 4.79 Å². The van der Waals surface area contributed by atoms with E-state index >= 15 is 0 Å². The third kappa shape index (κ3) is 3.53. The molecule has 0 fully saturated rings. The summed E-state index contributed by atoms with van der Waals surface area (Å²) < 4.78 is 5.29. The van der Waals surface area contributed by atoms with Crippen LogP contribution in [-0.4, -0.2) is 50.9 Å². The number of aromatic carboxylic acids is 2. The molecule has 0 spiro atoms. The summed E-state index contributed by atoms with van der Waals surface area (Å²) in [6.45, 7) is 1.87. The van der Waals surface area contributed by atoms with E-state index in [0.29, 0.717) is 0 Å². The molecule has 10 nitrogen and oxygen atoms in total. The third-order valence-electron chi connectivity index (χ3n) is 3.50. The Labute approximate surface area is 146 Å². The van der Waals surface area contributed by atoms with Crippen molar-refractivity contribution in [3.05, 3.63) is 39.7 Å². The molecule has 0 saturated heterocycles. The molecule has 7 N–H and O–H groups in total. The quantitative estimate of drug-likeness (QED) is 0.354. The second-order valence-corrected chi connectivity index (χ2v) is 5.20. The molecular formula is C15H15BN2O8. The van der Waals surface area contributed by atoms with Gasteiger partial charge >= 0.3 is 19.1 Å². The Bertz CT molecular complexity index is 938. The molecule has 0 amide bonds. The number of carboxylic acids is 2. The van der Waals surface area contributed by atoms with Crippen molar-refractivity contribution in [2.75, 3.05) is 12.3 Å². The number of carboxylic acid groups (broad SMARTS) is 2. The van der Waals surface area contributed by atoms with Gasteiger partial charge in [-0.05, 0) is 30.1 Å². The minimum Gasteiger partial charge on any atom is -0.494 e. The van der Waals surface area contributed by atoms with Gasteiger partial charge in [0.1, 0.15) is 22.7 Å². The topological polar surface area (TPSA) is 183 Å². The summed E-state index contributed by atoms with van der Waals surface area (Å²) in [5.41, 5.74) is 2.37. The molecule has 0 saturated carbocycles. The maximum Gasteiger partial charge on any atom is 0.488 e. The van der Waals surface area contributed by atoms with Gasteiger partial charge < -0.3 is 35.7 Å². The summed E-state index contributed by atoms with van der Waals surface area (Å²) in [4.78, 5) is 37.2. The van der Waals surface area contributed by atoms with E-state index in [2.05, 4.69) is 0 Å². The van der Waals surface area contributed by atoms with Crippen molar-refractivity contribution in [1.82, 2.24) is 4.98 Å². The van der Waals surface area contributed by atoms with Crippen molar-refractivity contribution in [3.8, 4) is 16.9 Å². The van der Waals surface area contributed by atoms with E-state index in [4.69, 9.17) is 10.5 Å². The molecule has 0 radical (unpaired) electrons. The lowest BCUT2D eigenvalue weighted by atomic mass is 9.78. The fourth-order valence-corrected chi connectivity index (χ4v) is 2.50. The van der Waals surface area contributed by atoms with Gasteiger partial charge in [-0.1, -0.05) is 6.07 Å². The fraction of sp³-hybridized carbons (Fsp3) is 0.133. The summed E-state index contributed by atoms with van der Waals surface area (Å²) >= 11 is 0. The Kier molecular flexibility index (Phi) is 5.34. The third-order valence-corrected chi connectivity index (χ3v) is 3.50. The lowest BCUT2D eigenvalue weighted by Gasteiger charge is -2.15. The SMILES string of the molecule is CCOc1cc(B(O)O)cc(-c2c(C(=O)O)c(N)[nH]c(=O)c2C(=O)O)c1. The van der Waals surface area contributed by atoms with Gasteiger partial charge in [0.15, 0.2) is 0 Å². The Morgan fingerprint density at radius 3 is 2.27 bits per heavy atom. The first-order valence-electron chi connectivity index (χ1n) is 7.34. The highest BCUT2D eigenvalue weighted by Gasteiger charge is 2.27. The maximum absolute atomic E-state index is 12.0. The molecule has 0 atom stereocenters. The van der Waals surface area contributed by atoms with E-state index < -0.39 is 47.1 Å². The summed E-state index contributed by atoms with van der Waals surface area (Å²) in [5, 5.41) is 37.7. The second-order valence-electron chi connectivity index (χ2n) is 5.20. The minimum absolute atomic E-state index is 0.0772. The zero-order valence-electron chi connectivity index (χ0n) is 13.5. The second kappa shape index (κ2) is 7.29. The molecule has 0 bridgehead atoms. The number of ether oxygens (including phenoxy) is 1. The van der Waals surface area contributed by atoms with Crippen molar-refractivity contribution >= 4 is 30.3 Å². The molecule has 1 aromatic heterocycles. The summed E-state index contributed by atoms with van der Waals surface area (Å²) in [7, 11) is -1.94. The van der Waals surface area contributed by atoms with E-state index in [9.17, 15) is 34.6 Å². The number of aromatic amines is 1. The number of anilines is 1. The molecule has 0 aliphatic carbocycles. The van der Waals surface area contributed by atoms with Crippen LogP contribution >= 0.6 is 0 Å². The van der Waals surface area contributed by atoms with Gasteiger partial charge in [0.25, 0.3) is 5.56 Å². The Morgan fingerprint density at radius 1 is 1.15 bits per heavy atom. The first kappa shape index (κ1) is 19.0. The maximum atomic E-state index is 12.0. The predicted octanol–water partition coefficient (Wildman–Crippen LogP) is -0.901. The highest BCUT2D eigenvalue weighted by molar-refractivity contribution is 6.58. The van der Waals surface area contributed by atoms with Crippen LogP contribution in [0.15, 0.2) is 23.0 Å².